The summed E-state index contributed by atoms with van der Waals surface area (Å²) in [6.45, 7) is 4.13. The van der Waals surface area contributed by atoms with Crippen molar-refractivity contribution in [2.75, 3.05) is 6.61 Å². The van der Waals surface area contributed by atoms with Crippen molar-refractivity contribution in [2.24, 2.45) is 0 Å². The Morgan fingerprint density at radius 3 is 2.79 bits per heavy atom. The maximum absolute atomic E-state index is 11.4. The van der Waals surface area contributed by atoms with Crippen LogP contribution in [0.1, 0.15) is 33.1 Å². The van der Waals surface area contributed by atoms with Crippen LogP contribution in [0.25, 0.3) is 0 Å². The summed E-state index contributed by atoms with van der Waals surface area (Å²) >= 11 is 0. The second-order valence-electron chi connectivity index (χ2n) is 3.52. The quantitative estimate of drug-likeness (QED) is 0.678. The molecule has 0 aromatic heterocycles. The standard InChI is InChI=1S/C10H17NO3/c1-3-7-5-8(12)6-9(11-7)10(13)14-4-2/h7,9,11H,3-6H2,1-2H3. The highest BCUT2D eigenvalue weighted by atomic mass is 16.5. The van der Waals surface area contributed by atoms with Gasteiger partial charge in [0.15, 0.2) is 0 Å². The third kappa shape index (κ3) is 2.80. The lowest BCUT2D eigenvalue weighted by atomic mass is 9.96. The second-order valence-corrected chi connectivity index (χ2v) is 3.52. The van der Waals surface area contributed by atoms with E-state index in [4.69, 9.17) is 4.74 Å². The fourth-order valence-corrected chi connectivity index (χ4v) is 1.64. The average Bonchev–Trinajstić information content (AvgIpc) is 2.17. The maximum Gasteiger partial charge on any atom is 0.323 e. The van der Waals surface area contributed by atoms with Gasteiger partial charge in [-0.2, -0.15) is 0 Å². The van der Waals surface area contributed by atoms with Gasteiger partial charge in [-0.1, -0.05) is 6.92 Å². The summed E-state index contributed by atoms with van der Waals surface area (Å²) in [5.41, 5.74) is 0. The molecule has 1 aliphatic rings. The minimum Gasteiger partial charge on any atom is -0.465 e. The van der Waals surface area contributed by atoms with E-state index < -0.39 is 6.04 Å². The number of Topliss-reactive ketones (excluding diaryl/α,β-unsaturated/α-hetero) is 1. The van der Waals surface area contributed by atoms with Crippen LogP contribution < -0.4 is 5.32 Å². The molecule has 0 bridgehead atoms. The molecule has 1 N–H and O–H groups in total. The predicted molar refractivity (Wildman–Crippen MR) is 51.9 cm³/mol. The zero-order valence-corrected chi connectivity index (χ0v) is 8.71. The van der Waals surface area contributed by atoms with E-state index in [0.717, 1.165) is 6.42 Å². The van der Waals surface area contributed by atoms with Gasteiger partial charge in [0.25, 0.3) is 0 Å². The number of carbonyl (C=O) groups excluding carboxylic acids is 2. The second kappa shape index (κ2) is 5.10. The molecule has 1 saturated heterocycles. The molecule has 0 spiro atoms. The molecule has 2 atom stereocenters. The topological polar surface area (TPSA) is 55.4 Å². The normalized spacial score (nSPS) is 27.4. The van der Waals surface area contributed by atoms with Crippen molar-refractivity contribution in [1.82, 2.24) is 5.32 Å². The lowest BCUT2D eigenvalue weighted by Gasteiger charge is -2.27. The minimum atomic E-state index is -0.429. The van der Waals surface area contributed by atoms with Crippen LogP contribution in [0.3, 0.4) is 0 Å². The Hall–Kier alpha value is -0.900. The van der Waals surface area contributed by atoms with E-state index >= 15 is 0 Å². The molecule has 0 aromatic carbocycles. The first-order valence-corrected chi connectivity index (χ1v) is 5.11. The summed E-state index contributed by atoms with van der Waals surface area (Å²) in [7, 11) is 0. The highest BCUT2D eigenvalue weighted by Crippen LogP contribution is 2.12. The summed E-state index contributed by atoms with van der Waals surface area (Å²) in [6, 6.07) is -0.299. The monoisotopic (exact) mass is 199 g/mol. The number of carbonyl (C=O) groups is 2. The molecule has 0 radical (unpaired) electrons. The number of hydrogen-bond donors (Lipinski definition) is 1. The molecule has 1 aliphatic heterocycles. The van der Waals surface area contributed by atoms with Crippen LogP contribution >= 0.6 is 0 Å². The number of ketones is 1. The van der Waals surface area contributed by atoms with E-state index in [1.165, 1.54) is 0 Å². The number of esters is 1. The van der Waals surface area contributed by atoms with Gasteiger partial charge in [0, 0.05) is 18.9 Å². The molecule has 4 heteroatoms. The van der Waals surface area contributed by atoms with Crippen LogP contribution in [0.15, 0.2) is 0 Å². The molecule has 0 amide bonds. The fraction of sp³-hybridized carbons (Fsp3) is 0.800. The maximum atomic E-state index is 11.4. The Balaban J connectivity index is 2.52. The third-order valence-electron chi connectivity index (χ3n) is 2.41. The van der Waals surface area contributed by atoms with Gasteiger partial charge in [-0.25, -0.2) is 0 Å². The number of hydrogen-bond acceptors (Lipinski definition) is 4. The van der Waals surface area contributed by atoms with E-state index in [9.17, 15) is 9.59 Å². The van der Waals surface area contributed by atoms with Crippen molar-refractivity contribution in [2.45, 2.75) is 45.2 Å². The number of nitrogens with one attached hydrogen (secondary N) is 1. The number of piperidine rings is 1. The van der Waals surface area contributed by atoms with Crippen LogP contribution in [0.2, 0.25) is 0 Å². The highest BCUT2D eigenvalue weighted by molar-refractivity contribution is 5.88. The molecule has 80 valence electrons. The van der Waals surface area contributed by atoms with Gasteiger partial charge in [0.05, 0.1) is 6.61 Å². The highest BCUT2D eigenvalue weighted by Gasteiger charge is 2.30. The van der Waals surface area contributed by atoms with Gasteiger partial charge >= 0.3 is 5.97 Å². The van der Waals surface area contributed by atoms with Crippen molar-refractivity contribution in [3.05, 3.63) is 0 Å². The van der Waals surface area contributed by atoms with Crippen LogP contribution in [0.4, 0.5) is 0 Å². The zero-order valence-electron chi connectivity index (χ0n) is 8.71. The molecule has 2 unspecified atom stereocenters. The Bertz CT molecular complexity index is 227. The lowest BCUT2D eigenvalue weighted by molar-refractivity contribution is -0.148. The third-order valence-corrected chi connectivity index (χ3v) is 2.41. The molecular weight excluding hydrogens is 182 g/mol. The van der Waals surface area contributed by atoms with Crippen molar-refractivity contribution in [1.29, 1.82) is 0 Å². The van der Waals surface area contributed by atoms with Crippen molar-refractivity contribution in [3.63, 3.8) is 0 Å². The van der Waals surface area contributed by atoms with E-state index in [0.29, 0.717) is 13.0 Å². The van der Waals surface area contributed by atoms with Crippen LogP contribution in [-0.4, -0.2) is 30.4 Å². The van der Waals surface area contributed by atoms with Crippen molar-refractivity contribution < 1.29 is 14.3 Å². The summed E-state index contributed by atoms with van der Waals surface area (Å²) in [5.74, 6) is -0.160. The Morgan fingerprint density at radius 1 is 1.50 bits per heavy atom. The average molecular weight is 199 g/mol. The Kier molecular flexibility index (Phi) is 4.07. The summed E-state index contributed by atoms with van der Waals surface area (Å²) < 4.78 is 4.87. The van der Waals surface area contributed by atoms with Gasteiger partial charge in [-0.15, -0.1) is 0 Å². The van der Waals surface area contributed by atoms with Crippen molar-refractivity contribution >= 4 is 11.8 Å². The molecule has 4 nitrogen and oxygen atoms in total. The predicted octanol–water partition coefficient (Wildman–Crippen LogP) is 0.649. The molecule has 14 heavy (non-hydrogen) atoms. The molecule has 0 aliphatic carbocycles. The molecular formula is C10H17NO3. The first-order valence-electron chi connectivity index (χ1n) is 5.11. The molecule has 1 rings (SSSR count). The summed E-state index contributed by atoms with van der Waals surface area (Å²) in [4.78, 5) is 22.7. The number of ether oxygens (including phenoxy) is 1. The molecule has 1 heterocycles. The van der Waals surface area contributed by atoms with Gasteiger partial charge < -0.3 is 10.1 Å². The SMILES string of the molecule is CCOC(=O)C1CC(=O)CC(CC)N1. The summed E-state index contributed by atoms with van der Waals surface area (Å²) in [6.07, 6.45) is 1.67. The molecule has 1 fully saturated rings. The number of rotatable bonds is 3. The van der Waals surface area contributed by atoms with Crippen LogP contribution in [0, 0.1) is 0 Å². The van der Waals surface area contributed by atoms with Crippen molar-refractivity contribution in [3.8, 4) is 0 Å². The summed E-state index contributed by atoms with van der Waals surface area (Å²) in [5, 5.41) is 3.12. The molecule has 0 aromatic rings. The zero-order chi connectivity index (χ0) is 10.6. The van der Waals surface area contributed by atoms with E-state index in [1.807, 2.05) is 6.92 Å². The fourth-order valence-electron chi connectivity index (χ4n) is 1.64. The molecule has 0 saturated carbocycles. The first kappa shape index (κ1) is 11.2. The van der Waals surface area contributed by atoms with E-state index in [1.54, 1.807) is 6.92 Å². The Labute approximate surface area is 84.0 Å². The van der Waals surface area contributed by atoms with Gasteiger partial charge in [0.1, 0.15) is 11.8 Å². The largest absolute Gasteiger partial charge is 0.465 e. The minimum absolute atomic E-state index is 0.130. The smallest absolute Gasteiger partial charge is 0.323 e. The van der Waals surface area contributed by atoms with E-state index in [-0.39, 0.29) is 24.2 Å². The van der Waals surface area contributed by atoms with Gasteiger partial charge in [0.2, 0.25) is 0 Å². The Morgan fingerprint density at radius 2 is 2.21 bits per heavy atom. The van der Waals surface area contributed by atoms with Gasteiger partial charge in [-0.05, 0) is 13.3 Å². The van der Waals surface area contributed by atoms with Crippen LogP contribution in [-0.2, 0) is 14.3 Å². The van der Waals surface area contributed by atoms with E-state index in [2.05, 4.69) is 5.32 Å². The lowest BCUT2D eigenvalue weighted by Crippen LogP contribution is -2.50. The first-order chi connectivity index (χ1) is 6.67. The van der Waals surface area contributed by atoms with Gasteiger partial charge in [-0.3, -0.25) is 9.59 Å². The van der Waals surface area contributed by atoms with Crippen LogP contribution in [0.5, 0.6) is 0 Å².